The van der Waals surface area contributed by atoms with Crippen LogP contribution in [0.3, 0.4) is 0 Å². The average Bonchev–Trinajstić information content (AvgIpc) is 3.32. The van der Waals surface area contributed by atoms with Crippen LogP contribution >= 0.6 is 0 Å². The largest absolute Gasteiger partial charge is 0.497 e. The van der Waals surface area contributed by atoms with Gasteiger partial charge in [-0.2, -0.15) is 0 Å². The summed E-state index contributed by atoms with van der Waals surface area (Å²) in [7, 11) is 1.66. The molecule has 194 valence electrons. The zero-order valence-electron chi connectivity index (χ0n) is 21.1. The molecule has 7 nitrogen and oxygen atoms in total. The third-order valence-electron chi connectivity index (χ3n) is 6.60. The third kappa shape index (κ3) is 6.57. The van der Waals surface area contributed by atoms with Gasteiger partial charge < -0.3 is 30.0 Å². The van der Waals surface area contributed by atoms with Crippen molar-refractivity contribution in [2.45, 2.75) is 31.2 Å². The average molecular weight is 503 g/mol. The molecule has 0 radical (unpaired) electrons. The lowest BCUT2D eigenvalue weighted by molar-refractivity contribution is -0.146. The van der Waals surface area contributed by atoms with Crippen molar-refractivity contribution in [1.82, 2.24) is 4.57 Å². The van der Waals surface area contributed by atoms with E-state index >= 15 is 0 Å². The second-order valence-corrected chi connectivity index (χ2v) is 9.40. The van der Waals surface area contributed by atoms with E-state index in [1.165, 1.54) is 11.1 Å². The van der Waals surface area contributed by atoms with E-state index in [4.69, 9.17) is 15.2 Å². The molecule has 0 aliphatic heterocycles. The van der Waals surface area contributed by atoms with Gasteiger partial charge in [-0.15, -0.1) is 0 Å². The van der Waals surface area contributed by atoms with Gasteiger partial charge >= 0.3 is 5.97 Å². The topological polar surface area (TPSA) is 107 Å². The number of fused-ring (bicyclic) bond motifs is 1. The Labute approximate surface area is 217 Å². The van der Waals surface area contributed by atoms with E-state index in [9.17, 15) is 15.0 Å². The molecule has 37 heavy (non-hydrogen) atoms. The van der Waals surface area contributed by atoms with Crippen LogP contribution in [0.4, 0.5) is 0 Å². The first kappa shape index (κ1) is 26.4. The van der Waals surface area contributed by atoms with Gasteiger partial charge in [0.2, 0.25) is 0 Å². The van der Waals surface area contributed by atoms with Crippen molar-refractivity contribution in [2.75, 3.05) is 26.9 Å². The number of carbonyl (C=O) groups is 1. The van der Waals surface area contributed by atoms with Crippen LogP contribution in [-0.2, 0) is 28.8 Å². The minimum Gasteiger partial charge on any atom is -0.497 e. The Balaban J connectivity index is 1.55. The molecular weight excluding hydrogens is 468 g/mol. The summed E-state index contributed by atoms with van der Waals surface area (Å²) < 4.78 is 12.7. The Bertz CT molecular complexity index is 1310. The lowest BCUT2D eigenvalue weighted by Crippen LogP contribution is -2.51. The number of methoxy groups -OCH3 is 1. The zero-order chi connectivity index (χ0) is 26.3. The van der Waals surface area contributed by atoms with Crippen molar-refractivity contribution in [3.8, 4) is 11.4 Å². The SMILES string of the molecule is COc1ccc(-n2cc(CCc3ccccc3)c3cc(CCC(=O)OCC(N)(CO)CO)ccc32)cc1. The number of rotatable bonds is 12. The second kappa shape index (κ2) is 12.1. The Hall–Kier alpha value is -3.65. The van der Waals surface area contributed by atoms with E-state index in [1.54, 1.807) is 7.11 Å². The van der Waals surface area contributed by atoms with Crippen molar-refractivity contribution in [3.63, 3.8) is 0 Å². The molecule has 4 aromatic rings. The molecule has 0 saturated carbocycles. The fraction of sp³-hybridized carbons (Fsp3) is 0.300. The molecular formula is C30H34N2O5. The molecule has 0 saturated heterocycles. The van der Waals surface area contributed by atoms with Crippen LogP contribution in [0.15, 0.2) is 79.0 Å². The second-order valence-electron chi connectivity index (χ2n) is 9.40. The van der Waals surface area contributed by atoms with Gasteiger partial charge in [-0.1, -0.05) is 36.4 Å². The van der Waals surface area contributed by atoms with Crippen molar-refractivity contribution >= 4 is 16.9 Å². The molecule has 0 atom stereocenters. The van der Waals surface area contributed by atoms with Crippen LogP contribution in [0.1, 0.15) is 23.1 Å². The number of aliphatic hydroxyl groups is 2. The van der Waals surface area contributed by atoms with Crippen LogP contribution in [0.5, 0.6) is 5.75 Å². The Morgan fingerprint density at radius 1 is 0.919 bits per heavy atom. The minimum absolute atomic E-state index is 0.178. The highest BCUT2D eigenvalue weighted by atomic mass is 16.5. The van der Waals surface area contributed by atoms with E-state index in [0.717, 1.165) is 40.7 Å². The fourth-order valence-corrected chi connectivity index (χ4v) is 4.26. The number of esters is 1. The number of nitrogens with two attached hydrogens (primary N) is 1. The molecule has 0 unspecified atom stereocenters. The van der Waals surface area contributed by atoms with Crippen LogP contribution < -0.4 is 10.5 Å². The summed E-state index contributed by atoms with van der Waals surface area (Å²) in [4.78, 5) is 12.3. The zero-order valence-corrected chi connectivity index (χ0v) is 21.1. The van der Waals surface area contributed by atoms with Gasteiger partial charge in [-0.05, 0) is 72.4 Å². The number of benzene rings is 3. The smallest absolute Gasteiger partial charge is 0.306 e. The summed E-state index contributed by atoms with van der Waals surface area (Å²) in [5, 5.41) is 19.7. The number of aryl methyl sites for hydroxylation is 3. The summed E-state index contributed by atoms with van der Waals surface area (Å²) in [5.74, 6) is 0.389. The highest BCUT2D eigenvalue weighted by molar-refractivity contribution is 5.86. The Morgan fingerprint density at radius 3 is 2.32 bits per heavy atom. The van der Waals surface area contributed by atoms with Crippen molar-refractivity contribution in [2.24, 2.45) is 5.73 Å². The Kier molecular flexibility index (Phi) is 8.61. The molecule has 4 rings (SSSR count). The number of hydrogen-bond donors (Lipinski definition) is 3. The summed E-state index contributed by atoms with van der Waals surface area (Å²) in [6, 6.07) is 24.7. The lowest BCUT2D eigenvalue weighted by atomic mass is 10.0. The summed E-state index contributed by atoms with van der Waals surface area (Å²) in [6.07, 6.45) is 4.69. The molecule has 0 fully saturated rings. The highest BCUT2D eigenvalue weighted by Crippen LogP contribution is 2.28. The van der Waals surface area contributed by atoms with E-state index in [-0.39, 0.29) is 13.0 Å². The van der Waals surface area contributed by atoms with Crippen LogP contribution in [0.25, 0.3) is 16.6 Å². The molecule has 3 aromatic carbocycles. The van der Waals surface area contributed by atoms with Gasteiger partial charge in [0.05, 0.1) is 31.4 Å². The number of aliphatic hydroxyl groups excluding tert-OH is 2. The van der Waals surface area contributed by atoms with E-state index in [1.807, 2.05) is 36.4 Å². The van der Waals surface area contributed by atoms with Crippen LogP contribution in [0.2, 0.25) is 0 Å². The van der Waals surface area contributed by atoms with Crippen LogP contribution in [0, 0.1) is 0 Å². The van der Waals surface area contributed by atoms with E-state index in [2.05, 4.69) is 47.2 Å². The number of ether oxygens (including phenoxy) is 2. The molecule has 7 heteroatoms. The number of hydrogen-bond acceptors (Lipinski definition) is 6. The molecule has 4 N–H and O–H groups in total. The predicted molar refractivity (Wildman–Crippen MR) is 144 cm³/mol. The molecule has 0 amide bonds. The molecule has 1 aromatic heterocycles. The first-order chi connectivity index (χ1) is 17.9. The monoisotopic (exact) mass is 502 g/mol. The highest BCUT2D eigenvalue weighted by Gasteiger charge is 2.25. The molecule has 0 spiro atoms. The maximum absolute atomic E-state index is 12.3. The molecule has 0 aliphatic rings. The molecule has 0 bridgehead atoms. The number of nitrogens with zero attached hydrogens (tertiary/aromatic N) is 1. The number of carbonyl (C=O) groups excluding carboxylic acids is 1. The van der Waals surface area contributed by atoms with E-state index < -0.39 is 24.7 Å². The van der Waals surface area contributed by atoms with Gasteiger partial charge in [0.25, 0.3) is 0 Å². The summed E-state index contributed by atoms with van der Waals surface area (Å²) >= 11 is 0. The minimum atomic E-state index is -1.33. The quantitative estimate of drug-likeness (QED) is 0.256. The predicted octanol–water partition coefficient (Wildman–Crippen LogP) is 3.58. The van der Waals surface area contributed by atoms with Gasteiger partial charge in [0, 0.05) is 23.7 Å². The Morgan fingerprint density at radius 2 is 1.65 bits per heavy atom. The summed E-state index contributed by atoms with van der Waals surface area (Å²) in [6.45, 7) is -1.17. The van der Waals surface area contributed by atoms with Crippen molar-refractivity contribution < 1.29 is 24.5 Å². The first-order valence-electron chi connectivity index (χ1n) is 12.4. The lowest BCUT2D eigenvalue weighted by Gasteiger charge is -2.23. The fourth-order valence-electron chi connectivity index (χ4n) is 4.26. The van der Waals surface area contributed by atoms with Gasteiger partial charge in [-0.3, -0.25) is 4.79 Å². The molecule has 0 aliphatic carbocycles. The summed E-state index contributed by atoms with van der Waals surface area (Å²) in [5.41, 5.74) is 10.1. The van der Waals surface area contributed by atoms with Crippen molar-refractivity contribution in [1.29, 1.82) is 0 Å². The first-order valence-corrected chi connectivity index (χ1v) is 12.4. The van der Waals surface area contributed by atoms with Crippen LogP contribution in [-0.4, -0.2) is 53.2 Å². The van der Waals surface area contributed by atoms with Crippen molar-refractivity contribution in [3.05, 3.63) is 95.7 Å². The number of aromatic nitrogens is 1. The third-order valence-corrected chi connectivity index (χ3v) is 6.60. The normalized spacial score (nSPS) is 11.6. The standard InChI is InChI=1S/C30H34N2O5/c1-36-26-13-11-25(12-14-26)32-18-24(10-7-22-5-3-2-4-6-22)27-17-23(8-15-28(27)32)9-16-29(35)37-21-30(31,19-33)20-34/h2-6,8,11-15,17-18,33-34H,7,9-10,16,19-21,31H2,1H3. The molecule has 1 heterocycles. The van der Waals surface area contributed by atoms with Gasteiger partial charge in [0.15, 0.2) is 0 Å². The van der Waals surface area contributed by atoms with E-state index in [0.29, 0.717) is 6.42 Å². The van der Waals surface area contributed by atoms with Gasteiger partial charge in [-0.25, -0.2) is 0 Å². The maximum Gasteiger partial charge on any atom is 0.306 e. The van der Waals surface area contributed by atoms with Gasteiger partial charge in [0.1, 0.15) is 12.4 Å². The maximum atomic E-state index is 12.3.